The van der Waals surface area contributed by atoms with Gasteiger partial charge in [-0.2, -0.15) is 0 Å². The molecule has 1 aromatic carbocycles. The second kappa shape index (κ2) is 4.84. The molecule has 0 aliphatic heterocycles. The van der Waals surface area contributed by atoms with Gasteiger partial charge >= 0.3 is 0 Å². The third-order valence-corrected chi connectivity index (χ3v) is 3.70. The van der Waals surface area contributed by atoms with Gasteiger partial charge in [-0.15, -0.1) is 0 Å². The average molecular weight is 288 g/mol. The molecule has 0 radical (unpaired) electrons. The highest BCUT2D eigenvalue weighted by atomic mass is 35.5. The maximum Gasteiger partial charge on any atom is 0.215 e. The first-order valence-electron chi connectivity index (χ1n) is 6.29. The quantitative estimate of drug-likeness (QED) is 0.681. The number of halogens is 1. The van der Waals surface area contributed by atoms with Crippen LogP contribution in [0.3, 0.4) is 0 Å². The number of benzene rings is 1. The fraction of sp³-hybridized carbons (Fsp3) is 0.188. The van der Waals surface area contributed by atoms with E-state index in [2.05, 4.69) is 4.98 Å². The van der Waals surface area contributed by atoms with E-state index in [-0.39, 0.29) is 0 Å². The molecule has 0 aliphatic rings. The first kappa shape index (κ1) is 13.0. The van der Waals surface area contributed by atoms with Crippen LogP contribution in [-0.2, 0) is 0 Å². The van der Waals surface area contributed by atoms with E-state index < -0.39 is 0 Å². The van der Waals surface area contributed by atoms with E-state index in [0.29, 0.717) is 10.9 Å². The number of furan rings is 1. The van der Waals surface area contributed by atoms with Crippen molar-refractivity contribution in [2.24, 2.45) is 0 Å². The zero-order chi connectivity index (χ0) is 14.3. The largest absolute Gasteiger partial charge is 0.481 e. The maximum atomic E-state index is 6.31. The summed E-state index contributed by atoms with van der Waals surface area (Å²) in [6.07, 6.45) is 1.77. The molecule has 0 unspecified atom stereocenters. The van der Waals surface area contributed by atoms with Crippen molar-refractivity contribution in [1.29, 1.82) is 0 Å². The second-order valence-electron chi connectivity index (χ2n) is 4.73. The number of fused-ring (bicyclic) bond motifs is 1. The number of pyridine rings is 1. The first-order valence-corrected chi connectivity index (χ1v) is 6.67. The average Bonchev–Trinajstić information content (AvgIpc) is 2.78. The molecular weight excluding hydrogens is 274 g/mol. The summed E-state index contributed by atoms with van der Waals surface area (Å²) in [5.74, 6) is 1.42. The molecule has 0 saturated carbocycles. The minimum absolute atomic E-state index is 0.519. The number of nitrogens with zero attached hydrogens (tertiary/aromatic N) is 1. The van der Waals surface area contributed by atoms with Gasteiger partial charge in [0.05, 0.1) is 23.9 Å². The van der Waals surface area contributed by atoms with Crippen LogP contribution in [0.1, 0.15) is 11.3 Å². The Morgan fingerprint density at radius 2 is 2.00 bits per heavy atom. The monoisotopic (exact) mass is 287 g/mol. The Morgan fingerprint density at radius 3 is 2.65 bits per heavy atom. The fourth-order valence-electron chi connectivity index (χ4n) is 2.43. The van der Waals surface area contributed by atoms with Crippen molar-refractivity contribution in [2.45, 2.75) is 13.8 Å². The molecule has 3 aromatic rings. The Hall–Kier alpha value is -2.00. The van der Waals surface area contributed by atoms with Crippen LogP contribution in [0.15, 0.2) is 34.9 Å². The van der Waals surface area contributed by atoms with E-state index in [1.54, 1.807) is 19.4 Å². The van der Waals surface area contributed by atoms with Crippen LogP contribution in [0.4, 0.5) is 0 Å². The van der Waals surface area contributed by atoms with Gasteiger partial charge in [0.15, 0.2) is 0 Å². The Bertz CT molecular complexity index is 773. The second-order valence-corrected chi connectivity index (χ2v) is 5.14. The normalized spacial score (nSPS) is 11.0. The van der Waals surface area contributed by atoms with Gasteiger partial charge in [-0.25, -0.2) is 4.98 Å². The highest BCUT2D eigenvalue weighted by molar-refractivity contribution is 6.35. The Morgan fingerprint density at radius 1 is 1.20 bits per heavy atom. The molecule has 102 valence electrons. The summed E-state index contributed by atoms with van der Waals surface area (Å²) < 4.78 is 10.6. The van der Waals surface area contributed by atoms with Crippen LogP contribution in [-0.4, -0.2) is 12.1 Å². The lowest BCUT2D eigenvalue weighted by atomic mass is 10.0. The lowest BCUT2D eigenvalue weighted by Crippen LogP contribution is -1.90. The van der Waals surface area contributed by atoms with Gasteiger partial charge in [0.25, 0.3) is 0 Å². The molecule has 2 heterocycles. The van der Waals surface area contributed by atoms with Crippen molar-refractivity contribution in [3.8, 4) is 17.0 Å². The molecule has 0 bridgehead atoms. The molecular formula is C16H14ClNO2. The molecule has 20 heavy (non-hydrogen) atoms. The van der Waals surface area contributed by atoms with Crippen molar-refractivity contribution in [3.63, 3.8) is 0 Å². The molecule has 0 amide bonds. The molecule has 0 aliphatic carbocycles. The van der Waals surface area contributed by atoms with Crippen LogP contribution in [0.5, 0.6) is 5.88 Å². The van der Waals surface area contributed by atoms with Gasteiger partial charge in [-0.05, 0) is 37.1 Å². The molecule has 4 heteroatoms. The van der Waals surface area contributed by atoms with Gasteiger partial charge in [0.1, 0.15) is 5.76 Å². The number of ether oxygens (including phenoxy) is 1. The summed E-state index contributed by atoms with van der Waals surface area (Å²) in [5.41, 5.74) is 4.12. The Kier molecular flexibility index (Phi) is 3.14. The molecule has 0 N–H and O–H groups in total. The molecule has 3 nitrogen and oxygen atoms in total. The highest BCUT2D eigenvalue weighted by Crippen LogP contribution is 2.33. The van der Waals surface area contributed by atoms with Crippen LogP contribution < -0.4 is 4.74 Å². The summed E-state index contributed by atoms with van der Waals surface area (Å²) in [4.78, 5) is 4.39. The van der Waals surface area contributed by atoms with Gasteiger partial charge in [-0.1, -0.05) is 17.7 Å². The number of hydrogen-bond donors (Lipinski definition) is 0. The number of aromatic nitrogens is 1. The summed E-state index contributed by atoms with van der Waals surface area (Å²) in [7, 11) is 1.58. The molecule has 0 fully saturated rings. The fourth-order valence-corrected chi connectivity index (χ4v) is 2.67. The first-order chi connectivity index (χ1) is 9.60. The summed E-state index contributed by atoms with van der Waals surface area (Å²) in [5, 5.41) is 1.54. The molecule has 0 saturated heterocycles. The standard InChI is InChI=1S/C16H14ClNO2/c1-9-8-20-10(2)16(9)11-4-5-14-12(6-11)13(17)7-15(18-14)19-3/h4-8H,1-3H3. The van der Waals surface area contributed by atoms with Crippen LogP contribution in [0, 0.1) is 13.8 Å². The lowest BCUT2D eigenvalue weighted by molar-refractivity contribution is 0.399. The maximum absolute atomic E-state index is 6.31. The summed E-state index contributed by atoms with van der Waals surface area (Å²) in [6, 6.07) is 7.73. The predicted molar refractivity (Wildman–Crippen MR) is 80.5 cm³/mol. The van der Waals surface area contributed by atoms with E-state index in [4.69, 9.17) is 20.8 Å². The van der Waals surface area contributed by atoms with Gasteiger partial charge in [0.2, 0.25) is 5.88 Å². The van der Waals surface area contributed by atoms with E-state index in [1.807, 2.05) is 32.0 Å². The zero-order valence-electron chi connectivity index (χ0n) is 11.5. The van der Waals surface area contributed by atoms with Crippen LogP contribution >= 0.6 is 11.6 Å². The number of rotatable bonds is 2. The van der Waals surface area contributed by atoms with Crippen molar-refractivity contribution in [3.05, 3.63) is 46.9 Å². The highest BCUT2D eigenvalue weighted by Gasteiger charge is 2.12. The van der Waals surface area contributed by atoms with Crippen molar-refractivity contribution in [2.75, 3.05) is 7.11 Å². The zero-order valence-corrected chi connectivity index (χ0v) is 12.3. The molecule has 2 aromatic heterocycles. The van der Waals surface area contributed by atoms with Gasteiger partial charge < -0.3 is 9.15 Å². The van der Waals surface area contributed by atoms with Crippen LogP contribution in [0.2, 0.25) is 5.02 Å². The third-order valence-electron chi connectivity index (χ3n) is 3.39. The van der Waals surface area contributed by atoms with Crippen molar-refractivity contribution < 1.29 is 9.15 Å². The van der Waals surface area contributed by atoms with E-state index in [0.717, 1.165) is 33.4 Å². The summed E-state index contributed by atoms with van der Waals surface area (Å²) in [6.45, 7) is 3.99. The van der Waals surface area contributed by atoms with E-state index in [9.17, 15) is 0 Å². The smallest absolute Gasteiger partial charge is 0.215 e. The van der Waals surface area contributed by atoms with Gasteiger partial charge in [0, 0.05) is 17.0 Å². The van der Waals surface area contributed by atoms with Gasteiger partial charge in [-0.3, -0.25) is 0 Å². The Labute approximate surface area is 122 Å². The lowest BCUT2D eigenvalue weighted by Gasteiger charge is -2.07. The Balaban J connectivity index is 2.23. The third kappa shape index (κ3) is 2.04. The SMILES string of the molecule is COc1cc(Cl)c2cc(-c3c(C)coc3C)ccc2n1. The van der Waals surface area contributed by atoms with Crippen molar-refractivity contribution >= 4 is 22.5 Å². The number of aryl methyl sites for hydroxylation is 2. The molecule has 3 rings (SSSR count). The topological polar surface area (TPSA) is 35.3 Å². The number of hydrogen-bond acceptors (Lipinski definition) is 3. The minimum atomic E-state index is 0.519. The van der Waals surface area contributed by atoms with E-state index >= 15 is 0 Å². The molecule has 0 atom stereocenters. The minimum Gasteiger partial charge on any atom is -0.481 e. The predicted octanol–water partition coefficient (Wildman–Crippen LogP) is 4.77. The van der Waals surface area contributed by atoms with E-state index in [1.165, 1.54) is 0 Å². The summed E-state index contributed by atoms with van der Waals surface area (Å²) >= 11 is 6.31. The number of methoxy groups -OCH3 is 1. The molecule has 0 spiro atoms. The van der Waals surface area contributed by atoms with Crippen molar-refractivity contribution in [1.82, 2.24) is 4.98 Å². The van der Waals surface area contributed by atoms with Crippen LogP contribution in [0.25, 0.3) is 22.0 Å².